The first-order valence-electron chi connectivity index (χ1n) is 10.2. The normalized spacial score (nSPS) is 19.1. The Kier molecular flexibility index (Phi) is 6.69. The lowest BCUT2D eigenvalue weighted by Gasteiger charge is -2.32. The number of nitrogens with zero attached hydrogens (tertiary/aromatic N) is 2. The van der Waals surface area contributed by atoms with E-state index < -0.39 is 0 Å². The van der Waals surface area contributed by atoms with E-state index in [1.807, 2.05) is 11.0 Å². The fraction of sp³-hybridized carbons (Fsp3) is 0.348. The van der Waals surface area contributed by atoms with Crippen LogP contribution in [-0.2, 0) is 16.0 Å². The van der Waals surface area contributed by atoms with E-state index in [0.717, 1.165) is 32.4 Å². The highest BCUT2D eigenvalue weighted by molar-refractivity contribution is 8.26. The van der Waals surface area contributed by atoms with Crippen LogP contribution >= 0.6 is 24.0 Å². The molecule has 0 bridgehead atoms. The van der Waals surface area contributed by atoms with Crippen molar-refractivity contribution in [2.45, 2.75) is 25.7 Å². The molecular weight excluding hydrogens is 416 g/mol. The molecule has 0 atom stereocenters. The maximum absolute atomic E-state index is 12.7. The van der Waals surface area contributed by atoms with E-state index in [2.05, 4.69) is 24.3 Å². The van der Waals surface area contributed by atoms with Gasteiger partial charge in [0.15, 0.2) is 0 Å². The minimum Gasteiger partial charge on any atom is -0.465 e. The summed E-state index contributed by atoms with van der Waals surface area (Å²) in [6, 6.07) is 14.1. The maximum atomic E-state index is 12.7. The van der Waals surface area contributed by atoms with Crippen LogP contribution in [0.3, 0.4) is 0 Å². The number of thioether (sulfide) groups is 1. The maximum Gasteiger partial charge on any atom is 0.266 e. The fourth-order valence-corrected chi connectivity index (χ4v) is 5.18. The third-order valence-corrected chi connectivity index (χ3v) is 6.95. The molecule has 3 heterocycles. The Morgan fingerprint density at radius 1 is 1.17 bits per heavy atom. The highest BCUT2D eigenvalue weighted by Gasteiger charge is 2.33. The van der Waals surface area contributed by atoms with Gasteiger partial charge in [0.2, 0.25) is 5.91 Å². The van der Waals surface area contributed by atoms with Gasteiger partial charge in [0.05, 0.1) is 11.2 Å². The minimum atomic E-state index is -0.157. The summed E-state index contributed by atoms with van der Waals surface area (Å²) in [5, 5.41) is 0. The zero-order valence-electron chi connectivity index (χ0n) is 16.7. The minimum absolute atomic E-state index is 0.0947. The number of likely N-dealkylation sites (tertiary alicyclic amines) is 1. The van der Waals surface area contributed by atoms with Gasteiger partial charge in [-0.25, -0.2) is 0 Å². The van der Waals surface area contributed by atoms with Gasteiger partial charge in [0.1, 0.15) is 10.1 Å². The molecule has 2 aliphatic rings. The van der Waals surface area contributed by atoms with Gasteiger partial charge in [-0.2, -0.15) is 0 Å². The van der Waals surface area contributed by atoms with Crippen molar-refractivity contribution in [1.82, 2.24) is 9.80 Å². The number of furan rings is 1. The molecule has 0 saturated carbocycles. The van der Waals surface area contributed by atoms with Crippen LogP contribution in [-0.4, -0.2) is 45.6 Å². The highest BCUT2D eigenvalue weighted by Crippen LogP contribution is 2.32. The molecule has 2 aliphatic heterocycles. The summed E-state index contributed by atoms with van der Waals surface area (Å²) in [7, 11) is 0. The predicted octanol–water partition coefficient (Wildman–Crippen LogP) is 4.35. The van der Waals surface area contributed by atoms with Gasteiger partial charge in [0, 0.05) is 32.1 Å². The molecule has 2 aromatic rings. The summed E-state index contributed by atoms with van der Waals surface area (Å²) in [6.07, 6.45) is 6.67. The Bertz CT molecular complexity index is 933. The molecule has 4 rings (SSSR count). The zero-order chi connectivity index (χ0) is 20.9. The molecule has 156 valence electrons. The van der Waals surface area contributed by atoms with E-state index in [-0.39, 0.29) is 11.8 Å². The van der Waals surface area contributed by atoms with Crippen LogP contribution in [0.2, 0.25) is 0 Å². The Morgan fingerprint density at radius 3 is 2.63 bits per heavy atom. The molecule has 0 aliphatic carbocycles. The number of amides is 2. The second-order valence-corrected chi connectivity index (χ2v) is 9.29. The third-order valence-electron chi connectivity index (χ3n) is 5.57. The smallest absolute Gasteiger partial charge is 0.266 e. The van der Waals surface area contributed by atoms with Crippen LogP contribution in [0, 0.1) is 5.92 Å². The fourth-order valence-electron chi connectivity index (χ4n) is 3.89. The van der Waals surface area contributed by atoms with Crippen LogP contribution in [0.4, 0.5) is 0 Å². The van der Waals surface area contributed by atoms with E-state index in [1.165, 1.54) is 22.2 Å². The van der Waals surface area contributed by atoms with Gasteiger partial charge < -0.3 is 9.32 Å². The summed E-state index contributed by atoms with van der Waals surface area (Å²) in [5.74, 6) is 1.17. The number of thiocarbonyl (C=S) groups is 1. The standard InChI is InChI=1S/C23H24N2O3S2/c26-21(24-11-8-18(9-12-24)15-17-5-2-1-3-6-17)10-13-25-22(27)20(30-23(25)29)16-19-7-4-14-28-19/h1-7,14,16,18H,8-13,15H2/b20-16+. The second-order valence-electron chi connectivity index (χ2n) is 7.61. The first-order chi connectivity index (χ1) is 14.6. The summed E-state index contributed by atoms with van der Waals surface area (Å²) < 4.78 is 5.77. The van der Waals surface area contributed by atoms with Crippen LogP contribution in [0.15, 0.2) is 58.1 Å². The number of rotatable bonds is 6. The van der Waals surface area contributed by atoms with E-state index in [1.54, 1.807) is 24.5 Å². The van der Waals surface area contributed by atoms with E-state index >= 15 is 0 Å². The van der Waals surface area contributed by atoms with Gasteiger partial charge in [0.25, 0.3) is 5.91 Å². The number of hydrogen-bond acceptors (Lipinski definition) is 5. The molecular formula is C23H24N2O3S2. The van der Waals surface area contributed by atoms with Crippen molar-refractivity contribution in [1.29, 1.82) is 0 Å². The van der Waals surface area contributed by atoms with Gasteiger partial charge in [-0.15, -0.1) is 0 Å². The van der Waals surface area contributed by atoms with Crippen molar-refractivity contribution in [2.24, 2.45) is 5.92 Å². The molecule has 2 amide bonds. The molecule has 0 radical (unpaired) electrons. The van der Waals surface area contributed by atoms with Crippen molar-refractivity contribution in [3.8, 4) is 0 Å². The number of piperidine rings is 1. The molecule has 0 spiro atoms. The third kappa shape index (κ3) is 5.02. The number of carbonyl (C=O) groups excluding carboxylic acids is 2. The van der Waals surface area contributed by atoms with Crippen molar-refractivity contribution < 1.29 is 14.0 Å². The lowest BCUT2D eigenvalue weighted by Crippen LogP contribution is -2.41. The number of carbonyl (C=O) groups is 2. The lowest BCUT2D eigenvalue weighted by atomic mass is 9.90. The van der Waals surface area contributed by atoms with E-state index in [4.69, 9.17) is 16.6 Å². The van der Waals surface area contributed by atoms with E-state index in [9.17, 15) is 9.59 Å². The molecule has 5 nitrogen and oxygen atoms in total. The Labute approximate surface area is 186 Å². The van der Waals surface area contributed by atoms with Crippen LogP contribution in [0.25, 0.3) is 6.08 Å². The molecule has 7 heteroatoms. The van der Waals surface area contributed by atoms with Gasteiger partial charge in [-0.3, -0.25) is 14.5 Å². The van der Waals surface area contributed by atoms with Crippen LogP contribution in [0.5, 0.6) is 0 Å². The zero-order valence-corrected chi connectivity index (χ0v) is 18.3. The highest BCUT2D eigenvalue weighted by atomic mass is 32.2. The first kappa shape index (κ1) is 20.9. The monoisotopic (exact) mass is 440 g/mol. The van der Waals surface area contributed by atoms with Gasteiger partial charge in [-0.1, -0.05) is 54.3 Å². The van der Waals surface area contributed by atoms with Crippen molar-refractivity contribution in [3.05, 3.63) is 65.0 Å². The summed E-state index contributed by atoms with van der Waals surface area (Å²) >= 11 is 6.60. The van der Waals surface area contributed by atoms with Crippen LogP contribution < -0.4 is 0 Å². The Morgan fingerprint density at radius 2 is 1.93 bits per heavy atom. The predicted molar refractivity (Wildman–Crippen MR) is 123 cm³/mol. The number of hydrogen-bond donors (Lipinski definition) is 0. The van der Waals surface area contributed by atoms with Crippen LogP contribution in [0.1, 0.15) is 30.6 Å². The molecule has 30 heavy (non-hydrogen) atoms. The topological polar surface area (TPSA) is 53.8 Å². The SMILES string of the molecule is O=C(CCN1C(=O)/C(=C\c2ccco2)SC1=S)N1CCC(Cc2ccccc2)CC1. The Hall–Kier alpha value is -2.38. The van der Waals surface area contributed by atoms with Crippen molar-refractivity contribution in [2.75, 3.05) is 19.6 Å². The molecule has 1 aromatic heterocycles. The molecule has 0 unspecified atom stereocenters. The quantitative estimate of drug-likeness (QED) is 0.494. The summed E-state index contributed by atoms with van der Waals surface area (Å²) in [4.78, 5) is 29.3. The summed E-state index contributed by atoms with van der Waals surface area (Å²) in [6.45, 7) is 1.89. The lowest BCUT2D eigenvalue weighted by molar-refractivity contribution is -0.133. The second kappa shape index (κ2) is 9.62. The van der Waals surface area contributed by atoms with Gasteiger partial charge >= 0.3 is 0 Å². The van der Waals surface area contributed by atoms with Gasteiger partial charge in [-0.05, 0) is 42.9 Å². The molecule has 2 saturated heterocycles. The van der Waals surface area contributed by atoms with Crippen molar-refractivity contribution >= 4 is 46.2 Å². The molecule has 1 aromatic carbocycles. The summed E-state index contributed by atoms with van der Waals surface area (Å²) in [5.41, 5.74) is 1.36. The van der Waals surface area contributed by atoms with E-state index in [0.29, 0.717) is 33.9 Å². The molecule has 0 N–H and O–H groups in total. The average molecular weight is 441 g/mol. The first-order valence-corrected chi connectivity index (χ1v) is 11.4. The number of benzene rings is 1. The largest absolute Gasteiger partial charge is 0.465 e. The average Bonchev–Trinajstić information content (AvgIpc) is 3.36. The van der Waals surface area contributed by atoms with Crippen molar-refractivity contribution in [3.63, 3.8) is 0 Å². The molecule has 2 fully saturated rings. The Balaban J connectivity index is 1.25.